The normalized spacial score (nSPS) is 13.0. The molecule has 2 aromatic rings. The minimum Gasteiger partial charge on any atom is -0.454 e. The van der Waals surface area contributed by atoms with Gasteiger partial charge in [0.05, 0.1) is 4.90 Å². The number of rotatable bonds is 8. The molecule has 1 heterocycles. The number of sulfonamides is 1. The quantitative estimate of drug-likeness (QED) is 0.689. The van der Waals surface area contributed by atoms with Crippen molar-refractivity contribution < 1.29 is 17.9 Å². The Kier molecular flexibility index (Phi) is 5.53. The second-order valence-corrected chi connectivity index (χ2v) is 7.96. The van der Waals surface area contributed by atoms with Crippen molar-refractivity contribution >= 4 is 21.4 Å². The first-order valence-corrected chi connectivity index (χ1v) is 9.83. The zero-order valence-corrected chi connectivity index (χ0v) is 15.7. The fraction of sp³-hybridized carbons (Fsp3) is 0.333. The van der Waals surface area contributed by atoms with Crippen LogP contribution in [-0.2, 0) is 10.0 Å². The second-order valence-electron chi connectivity index (χ2n) is 6.28. The first-order chi connectivity index (χ1) is 12.4. The zero-order valence-electron chi connectivity index (χ0n) is 14.9. The van der Waals surface area contributed by atoms with Crippen LogP contribution in [0.4, 0.5) is 11.4 Å². The van der Waals surface area contributed by atoms with Crippen LogP contribution in [0.15, 0.2) is 47.4 Å². The summed E-state index contributed by atoms with van der Waals surface area (Å²) >= 11 is 0. The highest BCUT2D eigenvalue weighted by atomic mass is 32.2. The lowest BCUT2D eigenvalue weighted by Crippen LogP contribution is -2.16. The molecule has 0 aliphatic carbocycles. The van der Waals surface area contributed by atoms with Gasteiger partial charge in [0.1, 0.15) is 0 Å². The second kappa shape index (κ2) is 7.84. The summed E-state index contributed by atoms with van der Waals surface area (Å²) in [7, 11) is 0.396. The summed E-state index contributed by atoms with van der Waals surface area (Å²) in [5, 5.41) is 3.32. The zero-order chi connectivity index (χ0) is 18.6. The Morgan fingerprint density at radius 1 is 1.00 bits per heavy atom. The van der Waals surface area contributed by atoms with Crippen LogP contribution >= 0.6 is 0 Å². The first-order valence-electron chi connectivity index (χ1n) is 8.35. The maximum absolute atomic E-state index is 12.5. The molecule has 0 aromatic heterocycles. The lowest BCUT2D eigenvalue weighted by Gasteiger charge is -2.12. The van der Waals surface area contributed by atoms with E-state index in [0.717, 1.165) is 25.2 Å². The van der Waals surface area contributed by atoms with Gasteiger partial charge in [-0.05, 0) is 63.5 Å². The van der Waals surface area contributed by atoms with Gasteiger partial charge in [0, 0.05) is 24.0 Å². The van der Waals surface area contributed by atoms with Crippen LogP contribution in [0.25, 0.3) is 0 Å². The molecule has 0 radical (unpaired) electrons. The minimum absolute atomic E-state index is 0.106. The van der Waals surface area contributed by atoms with Crippen molar-refractivity contribution in [3.05, 3.63) is 42.5 Å². The molecule has 0 atom stereocenters. The van der Waals surface area contributed by atoms with E-state index in [1.54, 1.807) is 18.2 Å². The van der Waals surface area contributed by atoms with E-state index in [1.807, 2.05) is 26.2 Å². The van der Waals surface area contributed by atoms with Crippen molar-refractivity contribution in [2.45, 2.75) is 11.3 Å². The highest BCUT2D eigenvalue weighted by Gasteiger charge is 2.20. The van der Waals surface area contributed by atoms with Crippen LogP contribution in [0.3, 0.4) is 0 Å². The third kappa shape index (κ3) is 4.59. The van der Waals surface area contributed by atoms with Gasteiger partial charge in [-0.2, -0.15) is 0 Å². The largest absolute Gasteiger partial charge is 0.454 e. The molecule has 26 heavy (non-hydrogen) atoms. The number of ether oxygens (including phenoxy) is 2. The maximum atomic E-state index is 12.5. The van der Waals surface area contributed by atoms with Crippen LogP contribution in [-0.4, -0.2) is 47.3 Å². The molecule has 0 spiro atoms. The number of hydrogen-bond donors (Lipinski definition) is 2. The van der Waals surface area contributed by atoms with Crippen molar-refractivity contribution in [2.75, 3.05) is 44.0 Å². The van der Waals surface area contributed by atoms with E-state index < -0.39 is 10.0 Å². The van der Waals surface area contributed by atoms with E-state index in [-0.39, 0.29) is 11.7 Å². The third-order valence-corrected chi connectivity index (χ3v) is 5.28. The molecule has 0 saturated heterocycles. The molecule has 8 heteroatoms. The van der Waals surface area contributed by atoms with Gasteiger partial charge in [-0.15, -0.1) is 0 Å². The summed E-state index contributed by atoms with van der Waals surface area (Å²) in [6.07, 6.45) is 1.03. The maximum Gasteiger partial charge on any atom is 0.262 e. The van der Waals surface area contributed by atoms with Crippen molar-refractivity contribution in [3.63, 3.8) is 0 Å². The van der Waals surface area contributed by atoms with Crippen LogP contribution < -0.4 is 19.5 Å². The smallest absolute Gasteiger partial charge is 0.262 e. The fourth-order valence-corrected chi connectivity index (χ4v) is 3.62. The highest BCUT2D eigenvalue weighted by molar-refractivity contribution is 7.92. The molecule has 0 bridgehead atoms. The van der Waals surface area contributed by atoms with Gasteiger partial charge in [-0.25, -0.2) is 8.42 Å². The molecule has 1 aliphatic rings. The molecule has 140 valence electrons. The summed E-state index contributed by atoms with van der Waals surface area (Å²) < 4.78 is 38.1. The van der Waals surface area contributed by atoms with Crippen molar-refractivity contribution in [1.29, 1.82) is 0 Å². The molecular formula is C18H23N3O4S. The van der Waals surface area contributed by atoms with Gasteiger partial charge < -0.3 is 19.7 Å². The van der Waals surface area contributed by atoms with Gasteiger partial charge in [0.2, 0.25) is 6.79 Å². The molecule has 0 amide bonds. The number of hydrogen-bond acceptors (Lipinski definition) is 6. The Morgan fingerprint density at radius 2 is 1.69 bits per heavy atom. The van der Waals surface area contributed by atoms with E-state index >= 15 is 0 Å². The molecule has 0 fully saturated rings. The minimum atomic E-state index is -3.69. The summed E-state index contributed by atoms with van der Waals surface area (Å²) in [6.45, 7) is 1.98. The molecular weight excluding hydrogens is 354 g/mol. The lowest BCUT2D eigenvalue weighted by molar-refractivity contribution is 0.174. The lowest BCUT2D eigenvalue weighted by atomic mass is 10.3. The first kappa shape index (κ1) is 18.3. The Morgan fingerprint density at radius 3 is 2.42 bits per heavy atom. The van der Waals surface area contributed by atoms with E-state index in [0.29, 0.717) is 17.2 Å². The monoisotopic (exact) mass is 377 g/mol. The number of anilines is 2. The predicted molar refractivity (Wildman–Crippen MR) is 101 cm³/mol. The van der Waals surface area contributed by atoms with E-state index in [2.05, 4.69) is 14.9 Å². The number of nitrogens with zero attached hydrogens (tertiary/aromatic N) is 1. The van der Waals surface area contributed by atoms with Crippen molar-refractivity contribution in [3.8, 4) is 11.5 Å². The third-order valence-electron chi connectivity index (χ3n) is 3.90. The summed E-state index contributed by atoms with van der Waals surface area (Å²) in [6, 6.07) is 11.7. The standard InChI is InChI=1S/C18H23N3O4S/c1-21(2)11-3-10-19-14-4-6-15(7-5-14)20-26(22,23)16-8-9-17-18(12-16)25-13-24-17/h4-9,12,19-20H,3,10-11,13H2,1-2H3. The molecule has 0 unspecified atom stereocenters. The average Bonchev–Trinajstić information content (AvgIpc) is 3.07. The topological polar surface area (TPSA) is 79.9 Å². The Hall–Kier alpha value is -2.45. The molecule has 1 aliphatic heterocycles. The van der Waals surface area contributed by atoms with Gasteiger partial charge in [-0.3, -0.25) is 4.72 Å². The van der Waals surface area contributed by atoms with Crippen LogP contribution in [0.5, 0.6) is 11.5 Å². The molecule has 2 N–H and O–H groups in total. The Bertz CT molecular complexity index is 851. The fourth-order valence-electron chi connectivity index (χ4n) is 2.54. The molecule has 2 aromatic carbocycles. The van der Waals surface area contributed by atoms with Crippen molar-refractivity contribution in [1.82, 2.24) is 4.90 Å². The Balaban J connectivity index is 1.61. The SMILES string of the molecule is CN(C)CCCNc1ccc(NS(=O)(=O)c2ccc3c(c2)OCO3)cc1. The highest BCUT2D eigenvalue weighted by Crippen LogP contribution is 2.34. The van der Waals surface area contributed by atoms with Gasteiger partial charge in [-0.1, -0.05) is 0 Å². The molecule has 3 rings (SSSR count). The predicted octanol–water partition coefficient (Wildman–Crippen LogP) is 2.58. The Labute approximate surface area is 154 Å². The average molecular weight is 377 g/mol. The van der Waals surface area contributed by atoms with E-state index in [4.69, 9.17) is 9.47 Å². The van der Waals surface area contributed by atoms with Crippen molar-refractivity contribution in [2.24, 2.45) is 0 Å². The molecule has 7 nitrogen and oxygen atoms in total. The van der Waals surface area contributed by atoms with Crippen LogP contribution in [0, 0.1) is 0 Å². The summed E-state index contributed by atoms with van der Waals surface area (Å²) in [5.41, 5.74) is 1.45. The van der Waals surface area contributed by atoms with E-state index in [9.17, 15) is 8.42 Å². The number of fused-ring (bicyclic) bond motifs is 1. The molecule has 0 saturated carbocycles. The summed E-state index contributed by atoms with van der Waals surface area (Å²) in [5.74, 6) is 0.985. The van der Waals surface area contributed by atoms with Gasteiger partial charge in [0.25, 0.3) is 10.0 Å². The number of benzene rings is 2. The van der Waals surface area contributed by atoms with E-state index in [1.165, 1.54) is 12.1 Å². The van der Waals surface area contributed by atoms with Gasteiger partial charge >= 0.3 is 0 Å². The van der Waals surface area contributed by atoms with Gasteiger partial charge in [0.15, 0.2) is 11.5 Å². The van der Waals surface area contributed by atoms with Crippen LogP contribution in [0.1, 0.15) is 6.42 Å². The number of nitrogens with one attached hydrogen (secondary N) is 2. The van der Waals surface area contributed by atoms with Crippen LogP contribution in [0.2, 0.25) is 0 Å². The summed E-state index contributed by atoms with van der Waals surface area (Å²) in [4.78, 5) is 2.27.